The average molecular weight is 237 g/mol. The molecular weight excluding hydrogens is 218 g/mol. The molecule has 0 bridgehead atoms. The number of benzene rings is 1. The fourth-order valence-electron chi connectivity index (χ4n) is 1.46. The second-order valence-corrected chi connectivity index (χ2v) is 4.09. The third kappa shape index (κ3) is 3.72. The monoisotopic (exact) mass is 237 g/mol. The molecule has 1 aromatic rings. The van der Waals surface area contributed by atoms with Gasteiger partial charge in [-0.25, -0.2) is 0 Å². The van der Waals surface area contributed by atoms with E-state index in [-0.39, 0.29) is 18.5 Å². The highest BCUT2D eigenvalue weighted by Crippen LogP contribution is 2.11. The second-order valence-electron chi connectivity index (χ2n) is 4.09. The highest BCUT2D eigenvalue weighted by atomic mass is 16.4. The molecule has 5 nitrogen and oxygen atoms in total. The molecule has 1 unspecified atom stereocenters. The van der Waals surface area contributed by atoms with Crippen LogP contribution >= 0.6 is 0 Å². The zero-order chi connectivity index (χ0) is 12.8. The molecule has 0 spiro atoms. The van der Waals surface area contributed by atoms with Crippen LogP contribution in [-0.4, -0.2) is 28.8 Å². The third-order valence-electron chi connectivity index (χ3n) is 2.66. The van der Waals surface area contributed by atoms with Crippen LogP contribution in [0.2, 0.25) is 0 Å². The summed E-state index contributed by atoms with van der Waals surface area (Å²) in [6, 6.07) is 5.68. The van der Waals surface area contributed by atoms with Gasteiger partial charge in [0.25, 0.3) is 0 Å². The van der Waals surface area contributed by atoms with Gasteiger partial charge in [0.1, 0.15) is 0 Å². The number of aliphatic hydroxyl groups is 1. The van der Waals surface area contributed by atoms with Crippen molar-refractivity contribution in [3.05, 3.63) is 34.9 Å². The van der Waals surface area contributed by atoms with Gasteiger partial charge in [-0.05, 0) is 31.0 Å². The molecule has 0 aliphatic carbocycles. The van der Waals surface area contributed by atoms with Crippen LogP contribution < -0.4 is 11.1 Å². The lowest BCUT2D eigenvalue weighted by Crippen LogP contribution is -2.29. The van der Waals surface area contributed by atoms with E-state index in [1.54, 1.807) is 0 Å². The highest BCUT2D eigenvalue weighted by Gasteiger charge is 2.05. The van der Waals surface area contributed by atoms with Gasteiger partial charge in [-0.1, -0.05) is 17.3 Å². The molecule has 0 heterocycles. The van der Waals surface area contributed by atoms with Crippen LogP contribution in [0.5, 0.6) is 0 Å². The van der Waals surface area contributed by atoms with Crippen molar-refractivity contribution < 1.29 is 10.3 Å². The van der Waals surface area contributed by atoms with E-state index >= 15 is 0 Å². The fraction of sp³-hybridized carbons (Fsp3) is 0.417. The topological polar surface area (TPSA) is 90.9 Å². The van der Waals surface area contributed by atoms with Crippen LogP contribution in [-0.2, 0) is 6.54 Å². The quantitative estimate of drug-likeness (QED) is 0.261. The highest BCUT2D eigenvalue weighted by molar-refractivity contribution is 5.97. The largest absolute Gasteiger partial charge is 0.409 e. The lowest BCUT2D eigenvalue weighted by atomic mass is 10.0. The van der Waals surface area contributed by atoms with Gasteiger partial charge in [0.15, 0.2) is 5.84 Å². The zero-order valence-corrected chi connectivity index (χ0v) is 10.1. The number of nitrogens with two attached hydrogens (primary N) is 1. The number of oxime groups is 1. The molecule has 1 atom stereocenters. The van der Waals surface area contributed by atoms with Crippen LogP contribution in [0.15, 0.2) is 23.4 Å². The van der Waals surface area contributed by atoms with Gasteiger partial charge >= 0.3 is 0 Å². The summed E-state index contributed by atoms with van der Waals surface area (Å²) in [5.74, 6) is 0.108. The number of nitrogens with one attached hydrogen (secondary N) is 1. The summed E-state index contributed by atoms with van der Waals surface area (Å²) in [5, 5.41) is 23.6. The van der Waals surface area contributed by atoms with Gasteiger partial charge in [-0.15, -0.1) is 0 Å². The summed E-state index contributed by atoms with van der Waals surface area (Å²) in [4.78, 5) is 0. The molecule has 0 aliphatic rings. The first-order valence-electron chi connectivity index (χ1n) is 5.50. The average Bonchev–Trinajstić information content (AvgIpc) is 2.35. The lowest BCUT2D eigenvalue weighted by molar-refractivity contribution is 0.251. The SMILES string of the molecule is Cc1cc(/C(N)=N/O)ccc1CNC(C)CO. The minimum Gasteiger partial charge on any atom is -0.409 e. The summed E-state index contributed by atoms with van der Waals surface area (Å²) in [7, 11) is 0. The van der Waals surface area contributed by atoms with Gasteiger partial charge in [-0.3, -0.25) is 0 Å². The summed E-state index contributed by atoms with van der Waals surface area (Å²) < 4.78 is 0. The summed E-state index contributed by atoms with van der Waals surface area (Å²) in [6.07, 6.45) is 0. The standard InChI is InChI=1S/C12H19N3O2/c1-8-5-10(12(13)15-17)3-4-11(8)6-14-9(2)7-16/h3-5,9,14,16-17H,6-7H2,1-2H3,(H2,13,15). The Hall–Kier alpha value is -1.59. The normalized spacial score (nSPS) is 13.7. The number of nitrogens with zero attached hydrogens (tertiary/aromatic N) is 1. The first-order valence-corrected chi connectivity index (χ1v) is 5.50. The number of aliphatic hydroxyl groups excluding tert-OH is 1. The predicted molar refractivity (Wildman–Crippen MR) is 67.1 cm³/mol. The van der Waals surface area contributed by atoms with E-state index in [0.717, 1.165) is 11.1 Å². The Morgan fingerprint density at radius 3 is 2.76 bits per heavy atom. The van der Waals surface area contributed by atoms with Crippen LogP contribution in [0.4, 0.5) is 0 Å². The zero-order valence-electron chi connectivity index (χ0n) is 10.1. The minimum absolute atomic E-state index is 0.0677. The van der Waals surface area contributed by atoms with Crippen LogP contribution in [0.3, 0.4) is 0 Å². The summed E-state index contributed by atoms with van der Waals surface area (Å²) in [5.41, 5.74) is 8.39. The Bertz CT molecular complexity index is 405. The van der Waals surface area contributed by atoms with Crippen molar-refractivity contribution in [2.45, 2.75) is 26.4 Å². The molecule has 1 rings (SSSR count). The summed E-state index contributed by atoms with van der Waals surface area (Å²) in [6.45, 7) is 4.68. The Labute approximate surface area is 101 Å². The Kier molecular flexibility index (Phi) is 4.93. The summed E-state index contributed by atoms with van der Waals surface area (Å²) >= 11 is 0. The van der Waals surface area contributed by atoms with E-state index in [0.29, 0.717) is 12.1 Å². The molecule has 5 N–H and O–H groups in total. The lowest BCUT2D eigenvalue weighted by Gasteiger charge is -2.13. The maximum Gasteiger partial charge on any atom is 0.170 e. The van der Waals surface area contributed by atoms with Gasteiger partial charge < -0.3 is 21.4 Å². The first kappa shape index (κ1) is 13.5. The Balaban J connectivity index is 2.76. The molecule has 0 saturated carbocycles. The maximum absolute atomic E-state index is 8.91. The smallest absolute Gasteiger partial charge is 0.170 e. The molecule has 5 heteroatoms. The molecule has 17 heavy (non-hydrogen) atoms. The molecule has 0 fully saturated rings. The second kappa shape index (κ2) is 6.22. The van der Waals surface area contributed by atoms with Crippen molar-refractivity contribution in [3.8, 4) is 0 Å². The van der Waals surface area contributed by atoms with E-state index in [9.17, 15) is 0 Å². The van der Waals surface area contributed by atoms with Crippen molar-refractivity contribution >= 4 is 5.84 Å². The number of amidine groups is 1. The van der Waals surface area contributed by atoms with Gasteiger partial charge in [0, 0.05) is 18.2 Å². The van der Waals surface area contributed by atoms with Gasteiger partial charge in [-0.2, -0.15) is 0 Å². The van der Waals surface area contributed by atoms with Crippen molar-refractivity contribution in [1.82, 2.24) is 5.32 Å². The number of aryl methyl sites for hydroxylation is 1. The van der Waals surface area contributed by atoms with Crippen molar-refractivity contribution in [1.29, 1.82) is 0 Å². The van der Waals surface area contributed by atoms with Crippen LogP contribution in [0.25, 0.3) is 0 Å². The van der Waals surface area contributed by atoms with Crippen LogP contribution in [0, 0.1) is 6.92 Å². The van der Waals surface area contributed by atoms with Crippen LogP contribution in [0.1, 0.15) is 23.6 Å². The van der Waals surface area contributed by atoms with E-state index in [1.165, 1.54) is 0 Å². The first-order chi connectivity index (χ1) is 8.08. The molecule has 0 saturated heterocycles. The third-order valence-corrected chi connectivity index (χ3v) is 2.66. The fourth-order valence-corrected chi connectivity index (χ4v) is 1.46. The molecule has 94 valence electrons. The molecule has 1 aromatic carbocycles. The molecule has 0 amide bonds. The molecule has 0 aromatic heterocycles. The van der Waals surface area contributed by atoms with E-state index in [2.05, 4.69) is 10.5 Å². The minimum atomic E-state index is 0.0677. The molecular formula is C12H19N3O2. The number of hydrogen-bond donors (Lipinski definition) is 4. The number of hydrogen-bond acceptors (Lipinski definition) is 4. The Morgan fingerprint density at radius 2 is 2.24 bits per heavy atom. The van der Waals surface area contributed by atoms with E-state index in [4.69, 9.17) is 16.0 Å². The van der Waals surface area contributed by atoms with Crippen molar-refractivity contribution in [2.24, 2.45) is 10.9 Å². The van der Waals surface area contributed by atoms with Gasteiger partial charge in [0.2, 0.25) is 0 Å². The molecule has 0 radical (unpaired) electrons. The van der Waals surface area contributed by atoms with Crippen molar-refractivity contribution in [3.63, 3.8) is 0 Å². The predicted octanol–water partition coefficient (Wildman–Crippen LogP) is 0.560. The number of rotatable bonds is 5. The van der Waals surface area contributed by atoms with E-state index in [1.807, 2.05) is 32.0 Å². The Morgan fingerprint density at radius 1 is 1.53 bits per heavy atom. The maximum atomic E-state index is 8.91. The van der Waals surface area contributed by atoms with Crippen molar-refractivity contribution in [2.75, 3.05) is 6.61 Å². The van der Waals surface area contributed by atoms with Gasteiger partial charge in [0.05, 0.1) is 6.61 Å². The molecule has 0 aliphatic heterocycles. The van der Waals surface area contributed by atoms with E-state index < -0.39 is 0 Å².